The van der Waals surface area contributed by atoms with Gasteiger partial charge in [-0.05, 0) is 57.1 Å². The fraction of sp³-hybridized carbons (Fsp3) is 0.647. The zero-order chi connectivity index (χ0) is 13.7. The first-order valence-corrected chi connectivity index (χ1v) is 8.57. The number of hydrogen-bond donors (Lipinski definition) is 1. The predicted molar refractivity (Wildman–Crippen MR) is 86.1 cm³/mol. The third-order valence-corrected chi connectivity index (χ3v) is 5.32. The van der Waals surface area contributed by atoms with Gasteiger partial charge in [0.25, 0.3) is 0 Å². The van der Waals surface area contributed by atoms with Crippen LogP contribution in [0.5, 0.6) is 0 Å². The lowest BCUT2D eigenvalue weighted by molar-refractivity contribution is 0.312. The molecule has 0 aromatic heterocycles. The zero-order valence-corrected chi connectivity index (χ0v) is 13.4. The van der Waals surface area contributed by atoms with E-state index in [2.05, 4.69) is 44.3 Å². The second-order valence-electron chi connectivity index (χ2n) is 6.03. The summed E-state index contributed by atoms with van der Waals surface area (Å²) in [4.78, 5) is 1.43. The number of nitrogens with one attached hydrogen (secondary N) is 1. The zero-order valence-electron chi connectivity index (χ0n) is 12.5. The molecule has 0 spiro atoms. The molecule has 1 aromatic carbocycles. The maximum atomic E-state index is 3.72. The summed E-state index contributed by atoms with van der Waals surface area (Å²) in [5.74, 6) is 2.12. The summed E-state index contributed by atoms with van der Waals surface area (Å²) in [5, 5.41) is 3.72. The minimum atomic E-state index is 0.774. The van der Waals surface area contributed by atoms with Crippen LogP contribution in [-0.2, 0) is 0 Å². The van der Waals surface area contributed by atoms with E-state index in [0.29, 0.717) is 0 Å². The molecule has 0 aliphatic heterocycles. The van der Waals surface area contributed by atoms with E-state index in [0.717, 1.165) is 18.5 Å². The Bertz CT molecular complexity index is 394. The highest BCUT2D eigenvalue weighted by Crippen LogP contribution is 2.24. The molecule has 0 saturated heterocycles. The first-order chi connectivity index (χ1) is 9.15. The van der Waals surface area contributed by atoms with Crippen molar-refractivity contribution in [3.63, 3.8) is 0 Å². The number of aryl methyl sites for hydroxylation is 2. The quantitative estimate of drug-likeness (QED) is 0.625. The van der Waals surface area contributed by atoms with Gasteiger partial charge >= 0.3 is 0 Å². The number of thioether (sulfide) groups is 1. The summed E-state index contributed by atoms with van der Waals surface area (Å²) in [5.41, 5.74) is 2.77. The molecule has 19 heavy (non-hydrogen) atoms. The average molecular weight is 277 g/mol. The van der Waals surface area contributed by atoms with Crippen LogP contribution in [0.1, 0.15) is 43.7 Å². The van der Waals surface area contributed by atoms with Crippen LogP contribution in [0.15, 0.2) is 23.1 Å². The Morgan fingerprint density at radius 3 is 2.58 bits per heavy atom. The van der Waals surface area contributed by atoms with Gasteiger partial charge in [0.2, 0.25) is 0 Å². The van der Waals surface area contributed by atoms with Gasteiger partial charge < -0.3 is 5.32 Å². The van der Waals surface area contributed by atoms with Crippen molar-refractivity contribution in [2.24, 2.45) is 5.92 Å². The van der Waals surface area contributed by atoms with Crippen molar-refractivity contribution >= 4 is 11.8 Å². The lowest BCUT2D eigenvalue weighted by Crippen LogP contribution is -2.34. The largest absolute Gasteiger partial charge is 0.313 e. The summed E-state index contributed by atoms with van der Waals surface area (Å²) in [7, 11) is 0. The van der Waals surface area contributed by atoms with E-state index in [4.69, 9.17) is 0 Å². The van der Waals surface area contributed by atoms with E-state index in [1.165, 1.54) is 47.5 Å². The van der Waals surface area contributed by atoms with Crippen molar-refractivity contribution in [2.45, 2.75) is 57.4 Å². The maximum Gasteiger partial charge on any atom is 0.0106 e. The van der Waals surface area contributed by atoms with Gasteiger partial charge in [0.1, 0.15) is 0 Å². The topological polar surface area (TPSA) is 12.0 Å². The Labute approximate surface area is 122 Å². The maximum absolute atomic E-state index is 3.72. The summed E-state index contributed by atoms with van der Waals surface area (Å²) in [6.07, 6.45) is 5.55. The molecule has 1 N–H and O–H groups in total. The third-order valence-electron chi connectivity index (χ3n) is 4.14. The Morgan fingerprint density at radius 2 is 1.89 bits per heavy atom. The normalized spacial score (nSPS) is 23.5. The highest BCUT2D eigenvalue weighted by atomic mass is 32.2. The Hall–Kier alpha value is -0.470. The van der Waals surface area contributed by atoms with Crippen molar-refractivity contribution in [1.82, 2.24) is 5.32 Å². The molecule has 2 heteroatoms. The van der Waals surface area contributed by atoms with Crippen LogP contribution in [-0.4, -0.2) is 18.3 Å². The molecule has 0 radical (unpaired) electrons. The molecule has 1 aromatic rings. The predicted octanol–water partition coefficient (Wildman–Crippen LogP) is 4.56. The summed E-state index contributed by atoms with van der Waals surface area (Å²) < 4.78 is 0. The first kappa shape index (κ1) is 14.9. The van der Waals surface area contributed by atoms with Crippen molar-refractivity contribution in [1.29, 1.82) is 0 Å². The highest BCUT2D eigenvalue weighted by molar-refractivity contribution is 7.99. The average Bonchev–Trinajstić information content (AvgIpc) is 2.39. The third kappa shape index (κ3) is 4.85. The van der Waals surface area contributed by atoms with Gasteiger partial charge in [0.15, 0.2) is 0 Å². The summed E-state index contributed by atoms with van der Waals surface area (Å²) in [6.45, 7) is 7.89. The Morgan fingerprint density at radius 1 is 1.16 bits per heavy atom. The lowest BCUT2D eigenvalue weighted by Gasteiger charge is -2.27. The van der Waals surface area contributed by atoms with Gasteiger partial charge in [0.05, 0.1) is 0 Å². The van der Waals surface area contributed by atoms with E-state index >= 15 is 0 Å². The van der Waals surface area contributed by atoms with Crippen LogP contribution in [0.25, 0.3) is 0 Å². The number of hydrogen-bond acceptors (Lipinski definition) is 2. The SMILES string of the molecule is Cc1ccc(SCCNC2CCC(C)CC2)c(C)c1. The van der Waals surface area contributed by atoms with Crippen molar-refractivity contribution in [3.05, 3.63) is 29.3 Å². The monoisotopic (exact) mass is 277 g/mol. The Balaban J connectivity index is 1.66. The number of rotatable bonds is 5. The highest BCUT2D eigenvalue weighted by Gasteiger charge is 2.17. The minimum Gasteiger partial charge on any atom is -0.313 e. The molecule has 0 heterocycles. The number of benzene rings is 1. The molecule has 1 fully saturated rings. The van der Waals surface area contributed by atoms with Crippen LogP contribution in [0.3, 0.4) is 0 Å². The van der Waals surface area contributed by atoms with Crippen molar-refractivity contribution in [2.75, 3.05) is 12.3 Å². The van der Waals surface area contributed by atoms with E-state index in [1.54, 1.807) is 0 Å². The summed E-state index contributed by atoms with van der Waals surface area (Å²) in [6, 6.07) is 7.53. The second-order valence-corrected chi connectivity index (χ2v) is 7.17. The minimum absolute atomic E-state index is 0.774. The Kier molecular flexibility index (Phi) is 5.77. The van der Waals surface area contributed by atoms with Crippen LogP contribution in [0, 0.1) is 19.8 Å². The standard InChI is InChI=1S/C17H27NS/c1-13-4-7-16(8-5-13)18-10-11-19-17-9-6-14(2)12-15(17)3/h6,9,12-13,16,18H,4-5,7-8,10-11H2,1-3H3. The van der Waals surface area contributed by atoms with Gasteiger partial charge in [-0.1, -0.05) is 24.6 Å². The molecule has 0 bridgehead atoms. The van der Waals surface area contributed by atoms with Crippen molar-refractivity contribution in [3.8, 4) is 0 Å². The smallest absolute Gasteiger partial charge is 0.0106 e. The fourth-order valence-electron chi connectivity index (χ4n) is 2.85. The molecule has 0 unspecified atom stereocenters. The molecule has 0 amide bonds. The summed E-state index contributed by atoms with van der Waals surface area (Å²) >= 11 is 1.98. The van der Waals surface area contributed by atoms with Crippen LogP contribution >= 0.6 is 11.8 Å². The van der Waals surface area contributed by atoms with Gasteiger partial charge in [-0.2, -0.15) is 0 Å². The molecule has 1 aliphatic rings. The van der Waals surface area contributed by atoms with E-state index in [1.807, 2.05) is 11.8 Å². The van der Waals surface area contributed by atoms with Crippen LogP contribution < -0.4 is 5.32 Å². The molecular weight excluding hydrogens is 250 g/mol. The van der Waals surface area contributed by atoms with Gasteiger partial charge in [-0.3, -0.25) is 0 Å². The molecule has 106 valence electrons. The van der Waals surface area contributed by atoms with Gasteiger partial charge in [0, 0.05) is 23.2 Å². The molecular formula is C17H27NS. The lowest BCUT2D eigenvalue weighted by atomic mass is 9.87. The van der Waals surface area contributed by atoms with Gasteiger partial charge in [-0.15, -0.1) is 11.8 Å². The van der Waals surface area contributed by atoms with E-state index in [9.17, 15) is 0 Å². The molecule has 2 rings (SSSR count). The molecule has 1 aliphatic carbocycles. The molecule has 1 saturated carbocycles. The molecule has 0 atom stereocenters. The van der Waals surface area contributed by atoms with E-state index < -0.39 is 0 Å². The first-order valence-electron chi connectivity index (χ1n) is 7.58. The van der Waals surface area contributed by atoms with Crippen molar-refractivity contribution < 1.29 is 0 Å². The molecule has 1 nitrogen and oxygen atoms in total. The van der Waals surface area contributed by atoms with Crippen LogP contribution in [0.2, 0.25) is 0 Å². The second kappa shape index (κ2) is 7.35. The van der Waals surface area contributed by atoms with E-state index in [-0.39, 0.29) is 0 Å². The van der Waals surface area contributed by atoms with Gasteiger partial charge in [-0.25, -0.2) is 0 Å². The fourth-order valence-corrected chi connectivity index (χ4v) is 3.74. The van der Waals surface area contributed by atoms with Crippen LogP contribution in [0.4, 0.5) is 0 Å².